The normalized spacial score (nSPS) is 14.7. The molecule has 1 aromatic heterocycles. The zero-order chi connectivity index (χ0) is 47.8. The van der Waals surface area contributed by atoms with Crippen LogP contribution in [0, 0.1) is 0 Å². The molecule has 0 radical (unpaired) electrons. The molecular weight excluding hydrogens is 908 g/mol. The molecule has 5 aromatic rings. The molecule has 66 heavy (non-hydrogen) atoms. The third-order valence-electron chi connectivity index (χ3n) is 10.4. The Hall–Kier alpha value is -6.68. The van der Waals surface area contributed by atoms with Crippen LogP contribution in [0.5, 0.6) is 0 Å². The fourth-order valence-corrected chi connectivity index (χ4v) is 8.16. The van der Waals surface area contributed by atoms with Crippen molar-refractivity contribution in [1.82, 2.24) is 20.4 Å². The number of nitrogens with one attached hydrogen (secondary N) is 4. The third-order valence-corrected chi connectivity index (χ3v) is 11.2. The van der Waals surface area contributed by atoms with Crippen molar-refractivity contribution < 1.29 is 42.7 Å². The maximum absolute atomic E-state index is 14.1. The van der Waals surface area contributed by atoms with E-state index in [1.165, 1.54) is 9.80 Å². The molecule has 1 aliphatic rings. The zero-order valence-electron chi connectivity index (χ0n) is 38.2. The minimum absolute atomic E-state index is 0.254. The van der Waals surface area contributed by atoms with E-state index < -0.39 is 59.2 Å². The largest absolute Gasteiger partial charge is 0.455 e. The molecule has 6 rings (SSSR count). The van der Waals surface area contributed by atoms with Gasteiger partial charge in [0.05, 0.1) is 11.0 Å². The number of carbonyl (C=O) groups is 6. The lowest BCUT2D eigenvalue weighted by Crippen LogP contribution is -2.49. The molecule has 0 spiro atoms. The second-order valence-corrected chi connectivity index (χ2v) is 18.8. The summed E-state index contributed by atoms with van der Waals surface area (Å²) in [7, 11) is 0. The van der Waals surface area contributed by atoms with Crippen LogP contribution in [0.3, 0.4) is 0 Å². The molecule has 0 unspecified atom stereocenters. The third kappa shape index (κ3) is 12.8. The van der Waals surface area contributed by atoms with Crippen LogP contribution in [0.2, 0.25) is 0 Å². The number of anilines is 2. The molecule has 15 nitrogen and oxygen atoms in total. The predicted molar refractivity (Wildman–Crippen MR) is 255 cm³/mol. The highest BCUT2D eigenvalue weighted by molar-refractivity contribution is 9.10. The van der Waals surface area contributed by atoms with Crippen molar-refractivity contribution in [3.8, 4) is 11.3 Å². The lowest BCUT2D eigenvalue weighted by atomic mass is 10.0. The Bertz CT molecular complexity index is 2540. The van der Waals surface area contributed by atoms with Crippen molar-refractivity contribution in [1.29, 1.82) is 0 Å². The summed E-state index contributed by atoms with van der Waals surface area (Å²) in [6.45, 7) is 12.7. The lowest BCUT2D eigenvalue weighted by Gasteiger charge is -2.29. The number of nitrogens with zero attached hydrogens (tertiary/aromatic N) is 2. The Labute approximate surface area is 393 Å². The Kier molecular flexibility index (Phi) is 15.6. The van der Waals surface area contributed by atoms with Crippen molar-refractivity contribution in [3.05, 3.63) is 119 Å². The fraction of sp³-hybridized carbons (Fsp3) is 0.360. The highest BCUT2D eigenvalue weighted by atomic mass is 79.9. The Morgan fingerprint density at radius 1 is 0.758 bits per heavy atom. The number of ether oxygens (including phenoxy) is 2. The summed E-state index contributed by atoms with van der Waals surface area (Å²) in [6.07, 6.45) is 0.142. The quantitative estimate of drug-likeness (QED) is 0.0841. The highest BCUT2D eigenvalue weighted by Gasteiger charge is 2.39. The van der Waals surface area contributed by atoms with E-state index in [-0.39, 0.29) is 19.0 Å². The summed E-state index contributed by atoms with van der Waals surface area (Å²) in [5, 5.41) is 11.9. The van der Waals surface area contributed by atoms with Gasteiger partial charge >= 0.3 is 12.2 Å². The van der Waals surface area contributed by atoms with E-state index in [1.807, 2.05) is 19.1 Å². The van der Waals surface area contributed by atoms with E-state index in [1.54, 1.807) is 133 Å². The number of benzene rings is 4. The van der Waals surface area contributed by atoms with Crippen LogP contribution in [0.15, 0.2) is 112 Å². The SMILES string of the molecule is CCCN(CC(=O)Nc1ccc(-c2oc3ccc(NC(=O)[C@@H]4CCCN4C(=O)[C@@H](NC(=O)OC(C)(C)C)c4ccccc4)cc3c2Br)cc1)C(=O)[C@@H](NC(=O)OC(C)(C)C)c1ccccc1. The van der Waals surface area contributed by atoms with Gasteiger partial charge in [-0.1, -0.05) is 67.6 Å². The van der Waals surface area contributed by atoms with Crippen LogP contribution in [-0.4, -0.2) is 82.5 Å². The first kappa shape index (κ1) is 48.8. The predicted octanol–water partition coefficient (Wildman–Crippen LogP) is 9.50. The second kappa shape index (κ2) is 21.1. The van der Waals surface area contributed by atoms with Crippen LogP contribution in [0.25, 0.3) is 22.3 Å². The molecular formula is C50H57BrN6O9. The Balaban J connectivity index is 1.11. The Morgan fingerprint density at radius 3 is 1.89 bits per heavy atom. The van der Waals surface area contributed by atoms with Crippen molar-refractivity contribution in [2.45, 2.75) is 97.1 Å². The number of fused-ring (bicyclic) bond motifs is 1. The minimum Gasteiger partial charge on any atom is -0.455 e. The molecule has 3 atom stereocenters. The molecule has 1 saturated heterocycles. The first-order chi connectivity index (χ1) is 31.3. The number of likely N-dealkylation sites (tertiary alicyclic amines) is 1. The average molecular weight is 966 g/mol. The fourth-order valence-electron chi connectivity index (χ4n) is 7.54. The van der Waals surface area contributed by atoms with Gasteiger partial charge in [-0.05, 0) is 130 Å². The van der Waals surface area contributed by atoms with E-state index in [4.69, 9.17) is 13.9 Å². The van der Waals surface area contributed by atoms with Crippen LogP contribution in [0.4, 0.5) is 21.0 Å². The summed E-state index contributed by atoms with van der Waals surface area (Å²) in [5.74, 6) is -1.13. The van der Waals surface area contributed by atoms with Crippen molar-refractivity contribution in [3.63, 3.8) is 0 Å². The van der Waals surface area contributed by atoms with Gasteiger partial charge in [0.15, 0.2) is 0 Å². The first-order valence-electron chi connectivity index (χ1n) is 21.9. The molecule has 2 heterocycles. The molecule has 16 heteroatoms. The molecule has 348 valence electrons. The monoisotopic (exact) mass is 964 g/mol. The summed E-state index contributed by atoms with van der Waals surface area (Å²) >= 11 is 3.69. The van der Waals surface area contributed by atoms with Crippen molar-refractivity contribution in [2.24, 2.45) is 0 Å². The number of amides is 6. The van der Waals surface area contributed by atoms with Crippen LogP contribution in [-0.2, 0) is 28.7 Å². The van der Waals surface area contributed by atoms with Gasteiger partial charge in [-0.25, -0.2) is 9.59 Å². The maximum Gasteiger partial charge on any atom is 0.408 e. The molecule has 1 aliphatic heterocycles. The Morgan fingerprint density at radius 2 is 1.32 bits per heavy atom. The zero-order valence-corrected chi connectivity index (χ0v) is 39.8. The highest BCUT2D eigenvalue weighted by Crippen LogP contribution is 2.39. The van der Waals surface area contributed by atoms with E-state index in [0.29, 0.717) is 75.1 Å². The molecule has 0 aliphatic carbocycles. The molecule has 0 bridgehead atoms. The summed E-state index contributed by atoms with van der Waals surface area (Å²) in [6, 6.07) is 27.0. The van der Waals surface area contributed by atoms with E-state index in [9.17, 15) is 28.8 Å². The summed E-state index contributed by atoms with van der Waals surface area (Å²) in [5.41, 5.74) is 1.82. The summed E-state index contributed by atoms with van der Waals surface area (Å²) < 4.78 is 17.8. The number of halogens is 1. The maximum atomic E-state index is 14.1. The molecule has 6 amide bonds. The first-order valence-corrected chi connectivity index (χ1v) is 22.7. The summed E-state index contributed by atoms with van der Waals surface area (Å²) in [4.78, 5) is 83.8. The lowest BCUT2D eigenvalue weighted by molar-refractivity contribution is -0.138. The minimum atomic E-state index is -1.07. The van der Waals surface area contributed by atoms with Crippen LogP contribution >= 0.6 is 15.9 Å². The van der Waals surface area contributed by atoms with Gasteiger partial charge in [-0.15, -0.1) is 0 Å². The van der Waals surface area contributed by atoms with Crippen molar-refractivity contribution in [2.75, 3.05) is 30.3 Å². The van der Waals surface area contributed by atoms with E-state index >= 15 is 0 Å². The number of rotatable bonds is 14. The van der Waals surface area contributed by atoms with Gasteiger partial charge in [0, 0.05) is 35.4 Å². The molecule has 4 aromatic carbocycles. The topological polar surface area (TPSA) is 189 Å². The smallest absolute Gasteiger partial charge is 0.408 e. The van der Waals surface area contributed by atoms with Gasteiger partial charge in [-0.2, -0.15) is 0 Å². The molecule has 1 fully saturated rings. The van der Waals surface area contributed by atoms with Crippen LogP contribution < -0.4 is 21.3 Å². The van der Waals surface area contributed by atoms with E-state index in [0.717, 1.165) is 0 Å². The van der Waals surface area contributed by atoms with E-state index in [2.05, 4.69) is 37.2 Å². The van der Waals surface area contributed by atoms with Crippen molar-refractivity contribution >= 4 is 74.1 Å². The molecule has 0 saturated carbocycles. The van der Waals surface area contributed by atoms with Gasteiger partial charge in [0.1, 0.15) is 40.7 Å². The average Bonchev–Trinajstić information content (AvgIpc) is 3.89. The van der Waals surface area contributed by atoms with Crippen LogP contribution in [0.1, 0.15) is 90.9 Å². The standard InChI is InChI=1S/C50H57BrN6O9/c1-8-27-56(45(60)41(31-16-11-9-12-17-31)54-47(62)65-49(2,3)4)30-39(58)52-34-23-21-33(22-24-34)43-40(51)36-29-35(25-26-38(36)64-43)53-44(59)37-20-15-28-57(37)46(61)42(32-18-13-10-14-19-32)55-48(63)66-50(5,6)7/h9-14,16-19,21-26,29,37,41-42H,8,15,20,27-28,30H2,1-7H3,(H,52,58)(H,53,59)(H,54,62)(H,55,63)/t37-,41-,42-/m0/s1. The second-order valence-electron chi connectivity index (χ2n) is 18.0. The van der Waals surface area contributed by atoms with Gasteiger partial charge in [0.25, 0.3) is 5.91 Å². The molecule has 4 N–H and O–H groups in total. The number of hydrogen-bond donors (Lipinski definition) is 4. The van der Waals surface area contributed by atoms with Gasteiger partial charge in [0.2, 0.25) is 17.7 Å². The van der Waals surface area contributed by atoms with Gasteiger partial charge in [-0.3, -0.25) is 19.2 Å². The number of alkyl carbamates (subject to hydrolysis) is 2. The number of hydrogen-bond acceptors (Lipinski definition) is 9. The number of carbonyl (C=O) groups excluding carboxylic acids is 6. The number of furan rings is 1. The van der Waals surface area contributed by atoms with Gasteiger partial charge < -0.3 is 45.0 Å².